The summed E-state index contributed by atoms with van der Waals surface area (Å²) in [4.78, 5) is 22.7. The summed E-state index contributed by atoms with van der Waals surface area (Å²) in [6.07, 6.45) is 0. The number of amides is 1. The molecule has 150 valence electrons. The van der Waals surface area contributed by atoms with Gasteiger partial charge in [0.1, 0.15) is 0 Å². The minimum atomic E-state index is -3.58. The van der Waals surface area contributed by atoms with Crippen molar-refractivity contribution in [3.63, 3.8) is 0 Å². The molecule has 0 fully saturated rings. The van der Waals surface area contributed by atoms with E-state index < -0.39 is 20.9 Å². The molecule has 2 aromatic carbocycles. The van der Waals surface area contributed by atoms with Gasteiger partial charge in [-0.05, 0) is 37.6 Å². The zero-order valence-corrected chi connectivity index (χ0v) is 17.1. The molecule has 0 atom stereocenters. The first-order valence-corrected chi connectivity index (χ1v) is 10.1. The fourth-order valence-electron chi connectivity index (χ4n) is 2.30. The van der Waals surface area contributed by atoms with E-state index in [1.807, 2.05) is 0 Å². The van der Waals surface area contributed by atoms with Crippen LogP contribution in [0.1, 0.15) is 29.8 Å². The minimum absolute atomic E-state index is 0.00590. The molecule has 1 amide bonds. The number of rotatable bonds is 7. The third-order valence-corrected chi connectivity index (χ3v) is 6.56. The van der Waals surface area contributed by atoms with Gasteiger partial charge in [0.15, 0.2) is 0 Å². The van der Waals surface area contributed by atoms with Crippen molar-refractivity contribution >= 4 is 33.2 Å². The van der Waals surface area contributed by atoms with Crippen LogP contribution in [0.5, 0.6) is 0 Å². The van der Waals surface area contributed by atoms with E-state index in [9.17, 15) is 23.3 Å². The molecular formula is C18H20ClN3O5S. The third-order valence-electron chi connectivity index (χ3n) is 4.19. The fraction of sp³-hybridized carbons (Fsp3) is 0.278. The van der Waals surface area contributed by atoms with Crippen LogP contribution in [-0.4, -0.2) is 36.6 Å². The second-order valence-corrected chi connectivity index (χ2v) is 8.77. The van der Waals surface area contributed by atoms with Crippen LogP contribution in [0.15, 0.2) is 47.4 Å². The number of carbonyl (C=O) groups excluding carboxylic acids is 1. The van der Waals surface area contributed by atoms with Crippen molar-refractivity contribution in [1.82, 2.24) is 9.62 Å². The first-order valence-electron chi connectivity index (χ1n) is 8.33. The third kappa shape index (κ3) is 4.86. The number of sulfonamides is 1. The van der Waals surface area contributed by atoms with Crippen molar-refractivity contribution in [2.75, 3.05) is 7.05 Å². The smallest absolute Gasteiger partial charge is 0.270 e. The highest BCUT2D eigenvalue weighted by Crippen LogP contribution is 2.22. The predicted octanol–water partition coefficient (Wildman–Crippen LogP) is 3.21. The average Bonchev–Trinajstić information content (AvgIpc) is 2.65. The van der Waals surface area contributed by atoms with Crippen LogP contribution in [0.4, 0.5) is 5.69 Å². The van der Waals surface area contributed by atoms with Crippen LogP contribution < -0.4 is 5.32 Å². The molecule has 0 spiro atoms. The predicted molar refractivity (Wildman–Crippen MR) is 106 cm³/mol. The number of nitrogens with one attached hydrogen (secondary N) is 1. The molecule has 8 nitrogen and oxygen atoms in total. The lowest BCUT2D eigenvalue weighted by molar-refractivity contribution is -0.384. The van der Waals surface area contributed by atoms with E-state index in [0.717, 1.165) is 6.07 Å². The molecule has 0 heterocycles. The Balaban J connectivity index is 2.11. The summed E-state index contributed by atoms with van der Waals surface area (Å²) in [5, 5.41) is 13.6. The number of hydrogen-bond donors (Lipinski definition) is 1. The van der Waals surface area contributed by atoms with E-state index >= 15 is 0 Å². The molecule has 0 aliphatic heterocycles. The molecular weight excluding hydrogens is 406 g/mol. The van der Waals surface area contributed by atoms with Crippen LogP contribution in [0.3, 0.4) is 0 Å². The molecule has 0 aliphatic rings. The van der Waals surface area contributed by atoms with E-state index in [1.54, 1.807) is 26.0 Å². The topological polar surface area (TPSA) is 110 Å². The lowest BCUT2D eigenvalue weighted by Gasteiger charge is -2.21. The van der Waals surface area contributed by atoms with E-state index in [1.165, 1.54) is 35.6 Å². The maximum atomic E-state index is 12.4. The normalized spacial score (nSPS) is 11.6. The van der Waals surface area contributed by atoms with Crippen LogP contribution in [-0.2, 0) is 16.6 Å². The van der Waals surface area contributed by atoms with E-state index in [0.29, 0.717) is 5.56 Å². The molecule has 10 heteroatoms. The summed E-state index contributed by atoms with van der Waals surface area (Å²) in [6.45, 7) is 3.67. The lowest BCUT2D eigenvalue weighted by Crippen LogP contribution is -2.33. The summed E-state index contributed by atoms with van der Waals surface area (Å²) in [7, 11) is -2.07. The number of nitro groups is 1. The Labute approximate surface area is 168 Å². The monoisotopic (exact) mass is 425 g/mol. The van der Waals surface area contributed by atoms with Crippen LogP contribution in [0, 0.1) is 10.1 Å². The number of hydrogen-bond acceptors (Lipinski definition) is 5. The number of nitrogens with zero attached hydrogens (tertiary/aromatic N) is 2. The van der Waals surface area contributed by atoms with Gasteiger partial charge in [0.2, 0.25) is 10.0 Å². The highest BCUT2D eigenvalue weighted by atomic mass is 35.5. The number of non-ortho nitro benzene ring substituents is 1. The molecule has 0 unspecified atom stereocenters. The molecule has 1 N–H and O–H groups in total. The zero-order valence-electron chi connectivity index (χ0n) is 15.5. The van der Waals surface area contributed by atoms with Gasteiger partial charge in [-0.1, -0.05) is 23.7 Å². The molecule has 0 saturated heterocycles. The van der Waals surface area contributed by atoms with Gasteiger partial charge >= 0.3 is 0 Å². The Morgan fingerprint density at radius 1 is 1.21 bits per heavy atom. The van der Waals surface area contributed by atoms with Crippen LogP contribution in [0.25, 0.3) is 0 Å². The van der Waals surface area contributed by atoms with E-state index in [-0.39, 0.29) is 33.8 Å². The molecule has 0 radical (unpaired) electrons. The highest BCUT2D eigenvalue weighted by Gasteiger charge is 2.23. The number of benzene rings is 2. The second kappa shape index (κ2) is 8.68. The van der Waals surface area contributed by atoms with Crippen molar-refractivity contribution < 1.29 is 18.1 Å². The molecule has 28 heavy (non-hydrogen) atoms. The second-order valence-electron chi connectivity index (χ2n) is 6.36. The molecule has 0 saturated carbocycles. The van der Waals surface area contributed by atoms with Crippen molar-refractivity contribution in [3.05, 3.63) is 68.7 Å². The molecule has 0 aromatic heterocycles. The van der Waals surface area contributed by atoms with Gasteiger partial charge in [0.25, 0.3) is 11.6 Å². The quantitative estimate of drug-likeness (QED) is 0.541. The molecule has 2 rings (SSSR count). The van der Waals surface area contributed by atoms with Crippen molar-refractivity contribution in [3.8, 4) is 0 Å². The zero-order chi connectivity index (χ0) is 21.1. The first-order chi connectivity index (χ1) is 13.0. The Morgan fingerprint density at radius 2 is 1.82 bits per heavy atom. The average molecular weight is 426 g/mol. The Kier molecular flexibility index (Phi) is 6.76. The van der Waals surface area contributed by atoms with Crippen LogP contribution in [0.2, 0.25) is 5.02 Å². The van der Waals surface area contributed by atoms with E-state index in [4.69, 9.17) is 11.6 Å². The van der Waals surface area contributed by atoms with Gasteiger partial charge in [-0.3, -0.25) is 14.9 Å². The molecule has 0 bridgehead atoms. The summed E-state index contributed by atoms with van der Waals surface area (Å²) >= 11 is 5.95. The summed E-state index contributed by atoms with van der Waals surface area (Å²) < 4.78 is 26.2. The Hall–Kier alpha value is -2.49. The summed E-state index contributed by atoms with van der Waals surface area (Å²) in [6, 6.07) is 9.56. The molecule has 0 aliphatic carbocycles. The largest absolute Gasteiger partial charge is 0.348 e. The van der Waals surface area contributed by atoms with Gasteiger partial charge in [0.05, 0.1) is 20.4 Å². The van der Waals surface area contributed by atoms with Crippen molar-refractivity contribution in [2.45, 2.75) is 31.3 Å². The lowest BCUT2D eigenvalue weighted by atomic mass is 10.1. The Bertz CT molecular complexity index is 991. The van der Waals surface area contributed by atoms with Gasteiger partial charge < -0.3 is 5.32 Å². The summed E-state index contributed by atoms with van der Waals surface area (Å²) in [5.74, 6) is -0.565. The molecule has 2 aromatic rings. The number of nitro benzene ring substituents is 1. The van der Waals surface area contributed by atoms with Crippen molar-refractivity contribution in [1.29, 1.82) is 0 Å². The number of halogens is 1. The SMILES string of the molecule is CC(C)N(C)S(=O)(=O)c1ccc(CNC(=O)c2cc([N+](=O)[O-])ccc2Cl)cc1. The maximum absolute atomic E-state index is 12.4. The number of carbonyl (C=O) groups is 1. The highest BCUT2D eigenvalue weighted by molar-refractivity contribution is 7.89. The summed E-state index contributed by atoms with van der Waals surface area (Å²) in [5.41, 5.74) is 0.424. The first kappa shape index (κ1) is 21.8. The fourth-order valence-corrected chi connectivity index (χ4v) is 3.87. The van der Waals surface area contributed by atoms with Crippen molar-refractivity contribution in [2.24, 2.45) is 0 Å². The minimum Gasteiger partial charge on any atom is -0.348 e. The van der Waals surface area contributed by atoms with Crippen LogP contribution >= 0.6 is 11.6 Å². The van der Waals surface area contributed by atoms with Gasteiger partial charge in [0, 0.05) is 31.8 Å². The van der Waals surface area contributed by atoms with E-state index in [2.05, 4.69) is 5.32 Å². The van der Waals surface area contributed by atoms with Gasteiger partial charge in [-0.15, -0.1) is 0 Å². The standard InChI is InChI=1S/C18H20ClN3O5S/c1-12(2)21(3)28(26,27)15-7-4-13(5-8-15)11-20-18(23)16-10-14(22(24)25)6-9-17(16)19/h4-10,12H,11H2,1-3H3,(H,20,23). The Morgan fingerprint density at radius 3 is 2.36 bits per heavy atom. The maximum Gasteiger partial charge on any atom is 0.270 e. The van der Waals surface area contributed by atoms with Gasteiger partial charge in [-0.25, -0.2) is 8.42 Å². The van der Waals surface area contributed by atoms with Gasteiger partial charge in [-0.2, -0.15) is 4.31 Å².